The molecule has 0 bridgehead atoms. The van der Waals surface area contributed by atoms with E-state index in [1.54, 1.807) is 75.2 Å². The number of anilines is 2. The van der Waals surface area contributed by atoms with Crippen LogP contribution in [-0.4, -0.2) is 112 Å². The van der Waals surface area contributed by atoms with Gasteiger partial charge in [-0.3, -0.25) is 18.7 Å². The number of hydrogen-bond donors (Lipinski definition) is 4. The van der Waals surface area contributed by atoms with Crippen molar-refractivity contribution in [2.45, 2.75) is 42.1 Å². The van der Waals surface area contributed by atoms with Gasteiger partial charge in [0, 0.05) is 31.0 Å². The van der Waals surface area contributed by atoms with Gasteiger partial charge >= 0.3 is 0 Å². The molecule has 2 unspecified atom stereocenters. The molecule has 2 amide bonds. The Morgan fingerprint density at radius 3 is 1.29 bits per heavy atom. The second kappa shape index (κ2) is 17.0. The van der Waals surface area contributed by atoms with E-state index in [2.05, 4.69) is 10.6 Å². The maximum Gasteiger partial charge on any atom is 0.288 e. The molecule has 4 heterocycles. The fraction of sp³-hybridized carbons (Fsp3) is 0.302. The van der Waals surface area contributed by atoms with Crippen LogP contribution in [0.3, 0.4) is 0 Å². The zero-order valence-electron chi connectivity index (χ0n) is 34.4. The molecular weight excluding hydrogens is 861 g/mol. The third-order valence-electron chi connectivity index (χ3n) is 11.4. The lowest BCUT2D eigenvalue weighted by atomic mass is 10.0. The second-order valence-electron chi connectivity index (χ2n) is 15.0. The summed E-state index contributed by atoms with van der Waals surface area (Å²) in [6.07, 6.45) is 3.70. The largest absolute Gasteiger partial charge is 0.497 e. The third-order valence-corrected chi connectivity index (χ3v) is 13.5. The van der Waals surface area contributed by atoms with Gasteiger partial charge in [0.05, 0.1) is 76.2 Å². The second-order valence-corrected chi connectivity index (χ2v) is 18.1. The van der Waals surface area contributed by atoms with E-state index in [4.69, 9.17) is 28.4 Å². The van der Waals surface area contributed by atoms with Gasteiger partial charge in [0.15, 0.2) is 33.7 Å². The summed E-state index contributed by atoms with van der Waals surface area (Å²) in [5.41, 5.74) is 3.30. The zero-order valence-corrected chi connectivity index (χ0v) is 36.1. The first-order valence-corrected chi connectivity index (χ1v) is 22.6. The van der Waals surface area contributed by atoms with Gasteiger partial charge in [-0.25, -0.2) is 0 Å². The molecule has 0 spiro atoms. The number of carbonyl (C=O) groups excluding carboxylic acids is 2. The van der Waals surface area contributed by atoms with Crippen LogP contribution in [0.5, 0.6) is 34.5 Å². The van der Waals surface area contributed by atoms with E-state index in [0.717, 1.165) is 11.1 Å². The molecule has 4 aromatic carbocycles. The Hall–Kier alpha value is -6.48. The molecule has 18 nitrogen and oxygen atoms in total. The van der Waals surface area contributed by atoms with E-state index >= 15 is 0 Å². The first-order chi connectivity index (χ1) is 30.1. The Kier molecular flexibility index (Phi) is 11.7. The van der Waals surface area contributed by atoms with Crippen molar-refractivity contribution in [3.63, 3.8) is 0 Å². The summed E-state index contributed by atoms with van der Waals surface area (Å²) in [6.45, 7) is 0.0870. The van der Waals surface area contributed by atoms with E-state index in [-0.39, 0.29) is 78.0 Å². The van der Waals surface area contributed by atoms with Gasteiger partial charge < -0.3 is 48.9 Å². The highest BCUT2D eigenvalue weighted by Crippen LogP contribution is 2.44. The molecular formula is C43H44N4O14S2. The molecule has 20 heteroatoms. The highest BCUT2D eigenvalue weighted by Gasteiger charge is 2.47. The zero-order chi connectivity index (χ0) is 44.8. The van der Waals surface area contributed by atoms with E-state index in [1.165, 1.54) is 48.3 Å². The molecule has 0 radical (unpaired) electrons. The van der Waals surface area contributed by atoms with Crippen LogP contribution in [0.2, 0.25) is 0 Å². The van der Waals surface area contributed by atoms with Crippen LogP contribution in [0.15, 0.2) is 85.2 Å². The number of nitrogens with one attached hydrogen (secondary N) is 2. The minimum Gasteiger partial charge on any atom is -0.497 e. The van der Waals surface area contributed by atoms with Crippen molar-refractivity contribution in [2.24, 2.45) is 0 Å². The summed E-state index contributed by atoms with van der Waals surface area (Å²) in [5.74, 6) is 0.959. The molecule has 0 saturated carbocycles. The molecule has 332 valence electrons. The maximum absolute atomic E-state index is 14.0. The van der Waals surface area contributed by atoms with Crippen molar-refractivity contribution in [3.8, 4) is 34.5 Å². The first kappa shape index (κ1) is 43.2. The van der Waals surface area contributed by atoms with Crippen molar-refractivity contribution < 1.29 is 64.0 Å². The molecule has 63 heavy (non-hydrogen) atoms. The summed E-state index contributed by atoms with van der Waals surface area (Å²) in [6, 6.07) is 18.0. The molecule has 4 atom stereocenters. The molecule has 4 aliphatic rings. The fourth-order valence-electron chi connectivity index (χ4n) is 8.20. The quantitative estimate of drug-likeness (QED) is 0.0922. The van der Waals surface area contributed by atoms with Crippen LogP contribution >= 0.6 is 0 Å². The van der Waals surface area contributed by atoms with Gasteiger partial charge in [0.25, 0.3) is 32.1 Å². The van der Waals surface area contributed by atoms with Crippen LogP contribution in [0.4, 0.5) is 11.4 Å². The van der Waals surface area contributed by atoms with Crippen molar-refractivity contribution in [1.29, 1.82) is 0 Å². The Balaban J connectivity index is 0.978. The molecule has 0 saturated heterocycles. The molecule has 4 aliphatic heterocycles. The van der Waals surface area contributed by atoms with Crippen LogP contribution in [-0.2, 0) is 20.2 Å². The lowest BCUT2D eigenvalue weighted by molar-refractivity contribution is 0.0782. The molecule has 0 aromatic heterocycles. The van der Waals surface area contributed by atoms with E-state index in [0.29, 0.717) is 22.6 Å². The average molecular weight is 905 g/mol. The number of nitrogens with zero attached hydrogens (tertiary/aromatic N) is 2. The van der Waals surface area contributed by atoms with Crippen LogP contribution in [0, 0.1) is 0 Å². The normalized spacial score (nSPS) is 20.3. The summed E-state index contributed by atoms with van der Waals surface area (Å²) < 4.78 is 106. The van der Waals surface area contributed by atoms with E-state index < -0.39 is 54.9 Å². The predicted molar refractivity (Wildman–Crippen MR) is 231 cm³/mol. The predicted octanol–water partition coefficient (Wildman–Crippen LogP) is 5.36. The minimum absolute atomic E-state index is 0.0435. The SMILES string of the molecule is COc1ccc(C2=CN3C(=O)c4cc(OC)c(OCCCOc5cc6c(cc5OC)C(=O)N5C=C(c7ccc(OC)cc7)C[C@H]5C(S(=O)(=O)O)N6)cc4NC(S(=O)(=O)O)[C@@H]3C2)cc1. The van der Waals surface area contributed by atoms with Crippen molar-refractivity contribution in [3.05, 3.63) is 107 Å². The maximum atomic E-state index is 14.0. The highest BCUT2D eigenvalue weighted by molar-refractivity contribution is 7.86. The van der Waals surface area contributed by atoms with Crippen molar-refractivity contribution in [1.82, 2.24) is 9.80 Å². The van der Waals surface area contributed by atoms with Crippen molar-refractivity contribution in [2.75, 3.05) is 52.3 Å². The smallest absolute Gasteiger partial charge is 0.288 e. The number of amides is 2. The number of rotatable bonds is 14. The van der Waals surface area contributed by atoms with Gasteiger partial charge in [-0.15, -0.1) is 0 Å². The van der Waals surface area contributed by atoms with Gasteiger partial charge in [-0.1, -0.05) is 24.3 Å². The number of fused-ring (bicyclic) bond motifs is 4. The molecule has 8 rings (SSSR count). The third kappa shape index (κ3) is 8.41. The molecule has 0 fully saturated rings. The summed E-state index contributed by atoms with van der Waals surface area (Å²) in [4.78, 5) is 30.6. The Bertz CT molecular complexity index is 2560. The number of methoxy groups -OCH3 is 4. The minimum atomic E-state index is -4.74. The number of ether oxygens (including phenoxy) is 6. The topological polar surface area (TPSA) is 229 Å². The lowest BCUT2D eigenvalue weighted by Gasteiger charge is -2.26. The Morgan fingerprint density at radius 2 is 0.952 bits per heavy atom. The van der Waals surface area contributed by atoms with Gasteiger partial charge in [0.1, 0.15) is 11.5 Å². The fourth-order valence-corrected chi connectivity index (χ4v) is 10.0. The first-order valence-electron chi connectivity index (χ1n) is 19.6. The van der Waals surface area contributed by atoms with Crippen LogP contribution < -0.4 is 39.1 Å². The van der Waals surface area contributed by atoms with Crippen LogP contribution in [0.25, 0.3) is 11.1 Å². The Morgan fingerprint density at radius 1 is 0.571 bits per heavy atom. The standard InChI is InChI=1S/C43H44N4O14S2/c1-56-28-10-6-24(7-11-28)26-16-34-40(62(50,51)52)44-32-20-38(36(58-3)18-30(32)42(48)46(34)22-26)60-14-5-15-61-39-21-33-31(19-37(39)59-4)43(49)47-23-27(25-8-12-29(57-2)13-9-25)17-35(47)41(45-33)63(53,54)55/h6-13,18-23,34-35,40-41,44-45H,5,14-17H2,1-4H3,(H,50,51,52)(H,53,54,55)/t34-,35-,40?,41?/m0/s1. The summed E-state index contributed by atoms with van der Waals surface area (Å²) in [7, 11) is -3.62. The van der Waals surface area contributed by atoms with Gasteiger partial charge in [-0.2, -0.15) is 16.8 Å². The lowest BCUT2D eigenvalue weighted by Crippen LogP contribution is -2.46. The summed E-state index contributed by atoms with van der Waals surface area (Å²) >= 11 is 0. The molecule has 4 aromatic rings. The van der Waals surface area contributed by atoms with Crippen molar-refractivity contribution >= 4 is 54.6 Å². The Labute approximate surface area is 363 Å². The number of carbonyl (C=O) groups is 2. The van der Waals surface area contributed by atoms with Crippen LogP contribution in [0.1, 0.15) is 51.1 Å². The number of hydrogen-bond acceptors (Lipinski definition) is 14. The van der Waals surface area contributed by atoms with Gasteiger partial charge in [-0.05, 0) is 71.5 Å². The van der Waals surface area contributed by atoms with E-state index in [1.807, 2.05) is 0 Å². The number of benzene rings is 4. The van der Waals surface area contributed by atoms with Gasteiger partial charge in [0.2, 0.25) is 0 Å². The monoisotopic (exact) mass is 904 g/mol. The average Bonchev–Trinajstić information content (AvgIpc) is 3.86. The highest BCUT2D eigenvalue weighted by atomic mass is 32.2. The molecule has 4 N–H and O–H groups in total. The molecule has 0 aliphatic carbocycles. The summed E-state index contributed by atoms with van der Waals surface area (Å²) in [5, 5.41) is 2.58. The van der Waals surface area contributed by atoms with E-state index in [9.17, 15) is 35.5 Å².